The fourth-order valence-corrected chi connectivity index (χ4v) is 3.62. The summed E-state index contributed by atoms with van der Waals surface area (Å²) in [5.41, 5.74) is 0.194. The summed E-state index contributed by atoms with van der Waals surface area (Å²) in [5, 5.41) is 4.07. The largest absolute Gasteiger partial charge is 0.417 e. The molecule has 0 radical (unpaired) electrons. The number of alkyl halides is 3. The molecule has 26 heavy (non-hydrogen) atoms. The van der Waals surface area contributed by atoms with Crippen LogP contribution in [0.5, 0.6) is 0 Å². The maximum atomic E-state index is 13.0. The molecule has 0 aliphatic carbocycles. The monoisotopic (exact) mass is 381 g/mol. The van der Waals surface area contributed by atoms with E-state index in [1.807, 2.05) is 0 Å². The van der Waals surface area contributed by atoms with Crippen molar-refractivity contribution in [1.82, 2.24) is 14.5 Å². The molecule has 3 aromatic rings. The quantitative estimate of drug-likeness (QED) is 0.737. The van der Waals surface area contributed by atoms with Crippen LogP contribution in [0.25, 0.3) is 5.69 Å². The molecule has 0 aliphatic heterocycles. The van der Waals surface area contributed by atoms with Gasteiger partial charge in [-0.05, 0) is 35.9 Å². The lowest BCUT2D eigenvalue weighted by molar-refractivity contribution is -0.139. The van der Waals surface area contributed by atoms with Crippen molar-refractivity contribution in [3.05, 3.63) is 78.1 Å². The maximum Gasteiger partial charge on any atom is 0.417 e. The summed E-state index contributed by atoms with van der Waals surface area (Å²) >= 11 is 0. The molecular weight excluding hydrogens is 367 g/mol. The number of halogens is 3. The van der Waals surface area contributed by atoms with Crippen LogP contribution < -0.4 is 4.72 Å². The van der Waals surface area contributed by atoms with Crippen LogP contribution in [0.2, 0.25) is 0 Å². The molecule has 3 rings (SSSR count). The van der Waals surface area contributed by atoms with Gasteiger partial charge in [-0.25, -0.2) is 17.8 Å². The Kier molecular flexibility index (Phi) is 4.84. The summed E-state index contributed by atoms with van der Waals surface area (Å²) in [4.78, 5) is -0.791. The third kappa shape index (κ3) is 3.94. The first-order chi connectivity index (χ1) is 12.3. The second kappa shape index (κ2) is 6.93. The fourth-order valence-electron chi connectivity index (χ4n) is 2.38. The van der Waals surface area contributed by atoms with E-state index in [9.17, 15) is 21.6 Å². The van der Waals surface area contributed by atoms with Gasteiger partial charge in [0.25, 0.3) is 0 Å². The minimum absolute atomic E-state index is 0.131. The van der Waals surface area contributed by atoms with E-state index < -0.39 is 26.7 Å². The highest BCUT2D eigenvalue weighted by molar-refractivity contribution is 7.89. The van der Waals surface area contributed by atoms with Crippen molar-refractivity contribution in [2.24, 2.45) is 0 Å². The second-order valence-electron chi connectivity index (χ2n) is 5.44. The Morgan fingerprint density at radius 3 is 2.31 bits per heavy atom. The van der Waals surface area contributed by atoms with Crippen molar-refractivity contribution in [3.8, 4) is 5.69 Å². The van der Waals surface area contributed by atoms with Crippen molar-refractivity contribution >= 4 is 10.0 Å². The van der Waals surface area contributed by atoms with Crippen LogP contribution in [0.1, 0.15) is 11.1 Å². The number of rotatable bonds is 5. The molecule has 9 heteroatoms. The van der Waals surface area contributed by atoms with E-state index in [0.29, 0.717) is 5.56 Å². The van der Waals surface area contributed by atoms with Crippen LogP contribution in [-0.2, 0) is 22.7 Å². The number of aromatic nitrogens is 2. The fraction of sp³-hybridized carbons (Fsp3) is 0.118. The highest BCUT2D eigenvalue weighted by atomic mass is 32.2. The lowest BCUT2D eigenvalue weighted by atomic mass is 10.2. The lowest BCUT2D eigenvalue weighted by Gasteiger charge is -2.13. The Hall–Kier alpha value is -2.65. The number of hydrogen-bond acceptors (Lipinski definition) is 3. The normalized spacial score (nSPS) is 12.3. The number of nitrogens with one attached hydrogen (secondary N) is 1. The first kappa shape index (κ1) is 18.2. The SMILES string of the molecule is O=S(=O)(NCc1ccc(-n2cccn2)cc1)c1ccccc1C(F)(F)F. The van der Waals surface area contributed by atoms with Crippen LogP contribution in [0, 0.1) is 0 Å². The summed E-state index contributed by atoms with van der Waals surface area (Å²) < 4.78 is 67.5. The van der Waals surface area contributed by atoms with Crippen LogP contribution in [0.3, 0.4) is 0 Å². The molecule has 136 valence electrons. The Labute approximate surface area is 148 Å². The van der Waals surface area contributed by atoms with Crippen molar-refractivity contribution in [2.75, 3.05) is 0 Å². The molecule has 0 saturated carbocycles. The van der Waals surface area contributed by atoms with Gasteiger partial charge in [0, 0.05) is 18.9 Å². The predicted molar refractivity (Wildman–Crippen MR) is 89.0 cm³/mol. The van der Waals surface area contributed by atoms with Crippen molar-refractivity contribution < 1.29 is 21.6 Å². The number of hydrogen-bond donors (Lipinski definition) is 1. The zero-order valence-corrected chi connectivity index (χ0v) is 14.1. The third-order valence-corrected chi connectivity index (χ3v) is 5.11. The first-order valence-corrected chi connectivity index (χ1v) is 9.00. The Morgan fingerprint density at radius 2 is 1.69 bits per heavy atom. The van der Waals surface area contributed by atoms with E-state index in [1.165, 1.54) is 6.07 Å². The number of benzene rings is 2. The summed E-state index contributed by atoms with van der Waals surface area (Å²) in [6.45, 7) is -0.131. The summed E-state index contributed by atoms with van der Waals surface area (Å²) in [6, 6.07) is 12.7. The van der Waals surface area contributed by atoms with E-state index in [4.69, 9.17) is 0 Å². The second-order valence-corrected chi connectivity index (χ2v) is 7.17. The molecule has 2 aromatic carbocycles. The molecule has 5 nitrogen and oxygen atoms in total. The van der Waals surface area contributed by atoms with Crippen LogP contribution >= 0.6 is 0 Å². The standard InChI is InChI=1S/C17H14F3N3O2S/c18-17(19,20)15-4-1-2-5-16(15)26(24,25)22-12-13-6-8-14(9-7-13)23-11-3-10-21-23/h1-11,22H,12H2. The van der Waals surface area contributed by atoms with E-state index >= 15 is 0 Å². The Balaban J connectivity index is 1.77. The van der Waals surface area contributed by atoms with Gasteiger partial charge in [-0.15, -0.1) is 0 Å². The Morgan fingerprint density at radius 1 is 1.00 bits per heavy atom. The van der Waals surface area contributed by atoms with Crippen molar-refractivity contribution in [1.29, 1.82) is 0 Å². The van der Waals surface area contributed by atoms with Gasteiger partial charge >= 0.3 is 6.18 Å². The van der Waals surface area contributed by atoms with Gasteiger partial charge < -0.3 is 0 Å². The van der Waals surface area contributed by atoms with Gasteiger partial charge in [0.2, 0.25) is 10.0 Å². The highest BCUT2D eigenvalue weighted by Gasteiger charge is 2.36. The minimum atomic E-state index is -4.75. The predicted octanol–water partition coefficient (Wildman–Crippen LogP) is 3.37. The van der Waals surface area contributed by atoms with Gasteiger partial charge in [-0.2, -0.15) is 18.3 Å². The molecule has 1 N–H and O–H groups in total. The smallest absolute Gasteiger partial charge is 0.241 e. The molecule has 0 unspecified atom stereocenters. The molecule has 1 heterocycles. The summed E-state index contributed by atoms with van der Waals surface area (Å²) in [5.74, 6) is 0. The van der Waals surface area contributed by atoms with E-state index in [2.05, 4.69) is 9.82 Å². The van der Waals surface area contributed by atoms with Crippen molar-refractivity contribution in [3.63, 3.8) is 0 Å². The highest BCUT2D eigenvalue weighted by Crippen LogP contribution is 2.33. The number of nitrogens with zero attached hydrogens (tertiary/aromatic N) is 2. The van der Waals surface area contributed by atoms with Crippen LogP contribution in [-0.4, -0.2) is 18.2 Å². The zero-order valence-electron chi connectivity index (χ0n) is 13.3. The van der Waals surface area contributed by atoms with Gasteiger partial charge in [0.05, 0.1) is 16.1 Å². The molecule has 0 amide bonds. The Bertz CT molecular complexity index is 983. The first-order valence-electron chi connectivity index (χ1n) is 7.52. The molecule has 0 spiro atoms. The molecule has 0 aliphatic rings. The van der Waals surface area contributed by atoms with E-state index in [-0.39, 0.29) is 6.54 Å². The van der Waals surface area contributed by atoms with Gasteiger partial charge in [-0.1, -0.05) is 24.3 Å². The summed E-state index contributed by atoms with van der Waals surface area (Å²) in [6.07, 6.45) is -1.37. The van der Waals surface area contributed by atoms with Crippen LogP contribution in [0.15, 0.2) is 71.9 Å². The minimum Gasteiger partial charge on any atom is -0.241 e. The maximum absolute atomic E-state index is 13.0. The molecule has 0 fully saturated rings. The summed E-state index contributed by atoms with van der Waals surface area (Å²) in [7, 11) is -4.31. The van der Waals surface area contributed by atoms with Crippen molar-refractivity contribution in [2.45, 2.75) is 17.6 Å². The van der Waals surface area contributed by atoms with Crippen LogP contribution in [0.4, 0.5) is 13.2 Å². The van der Waals surface area contributed by atoms with Gasteiger partial charge in [0.1, 0.15) is 0 Å². The molecule has 0 atom stereocenters. The molecule has 0 saturated heterocycles. The lowest BCUT2D eigenvalue weighted by Crippen LogP contribution is -2.26. The molecule has 0 bridgehead atoms. The molecular formula is C17H14F3N3O2S. The van der Waals surface area contributed by atoms with E-state index in [0.717, 1.165) is 23.9 Å². The van der Waals surface area contributed by atoms with E-state index in [1.54, 1.807) is 47.4 Å². The third-order valence-electron chi connectivity index (χ3n) is 3.65. The topological polar surface area (TPSA) is 64.0 Å². The number of sulfonamides is 1. The van der Waals surface area contributed by atoms with Gasteiger partial charge in [-0.3, -0.25) is 0 Å². The zero-order chi connectivity index (χ0) is 18.8. The van der Waals surface area contributed by atoms with Gasteiger partial charge in [0.15, 0.2) is 0 Å². The average Bonchev–Trinajstić information content (AvgIpc) is 3.14. The molecule has 1 aromatic heterocycles. The average molecular weight is 381 g/mol.